The third-order valence-corrected chi connectivity index (χ3v) is 2.73. The van der Waals surface area contributed by atoms with Gasteiger partial charge >= 0.3 is 0 Å². The van der Waals surface area contributed by atoms with Crippen molar-refractivity contribution in [2.75, 3.05) is 13.6 Å². The molecule has 1 aliphatic carbocycles. The molecule has 0 amide bonds. The largest absolute Gasteiger partial charge is 0.317 e. The molecule has 52 valence electrons. The Morgan fingerprint density at radius 2 is 2.33 bits per heavy atom. The highest BCUT2D eigenvalue weighted by atomic mass is 15.0. The van der Waals surface area contributed by atoms with Crippen LogP contribution in [0.5, 0.6) is 0 Å². The smallest absolute Gasteiger partial charge is 0.0120 e. The Morgan fingerprint density at radius 1 is 1.44 bits per heavy atom. The maximum atomic E-state index is 3.48. The molecule has 3 atom stereocenters. The highest BCUT2D eigenvalue weighted by Gasteiger charge is 2.38. The molecule has 0 aromatic rings. The van der Waals surface area contributed by atoms with Gasteiger partial charge in [-0.05, 0) is 32.4 Å². The number of hydrogen-bond acceptors (Lipinski definition) is 2. The summed E-state index contributed by atoms with van der Waals surface area (Å²) >= 11 is 0. The molecule has 9 heavy (non-hydrogen) atoms. The summed E-state index contributed by atoms with van der Waals surface area (Å²) in [6.07, 6.45) is 2.76. The van der Waals surface area contributed by atoms with Crippen LogP contribution in [-0.2, 0) is 0 Å². The fourth-order valence-corrected chi connectivity index (χ4v) is 2.19. The molecule has 0 radical (unpaired) electrons. The standard InChI is InChI=1S/C7H14N2/c1-8-7-3-6-2-5(7)4-9-6/h5-9H,2-4H2,1H3. The van der Waals surface area contributed by atoms with Gasteiger partial charge in [0.25, 0.3) is 0 Å². The Hall–Kier alpha value is -0.0800. The first-order valence-electron chi connectivity index (χ1n) is 3.81. The summed E-state index contributed by atoms with van der Waals surface area (Å²) in [5.74, 6) is 0.931. The van der Waals surface area contributed by atoms with Crippen LogP contribution in [0.15, 0.2) is 0 Å². The number of fused-ring (bicyclic) bond motifs is 2. The molecule has 3 unspecified atom stereocenters. The van der Waals surface area contributed by atoms with E-state index in [0.29, 0.717) is 0 Å². The van der Waals surface area contributed by atoms with Crippen molar-refractivity contribution in [3.05, 3.63) is 0 Å². The minimum absolute atomic E-state index is 0.816. The summed E-state index contributed by atoms with van der Waals surface area (Å²) in [5.41, 5.74) is 0. The first-order valence-corrected chi connectivity index (χ1v) is 3.81. The van der Waals surface area contributed by atoms with Gasteiger partial charge in [-0.25, -0.2) is 0 Å². The average molecular weight is 126 g/mol. The topological polar surface area (TPSA) is 24.1 Å². The van der Waals surface area contributed by atoms with Crippen LogP contribution in [-0.4, -0.2) is 25.7 Å². The van der Waals surface area contributed by atoms with Gasteiger partial charge in [-0.15, -0.1) is 0 Å². The monoisotopic (exact) mass is 126 g/mol. The van der Waals surface area contributed by atoms with Crippen molar-refractivity contribution in [1.29, 1.82) is 0 Å². The summed E-state index contributed by atoms with van der Waals surface area (Å²) in [6.45, 7) is 1.25. The Balaban J connectivity index is 2.01. The highest BCUT2D eigenvalue weighted by molar-refractivity contribution is 4.98. The Labute approximate surface area is 56.0 Å². The molecular weight excluding hydrogens is 112 g/mol. The predicted molar refractivity (Wildman–Crippen MR) is 37.4 cm³/mol. The van der Waals surface area contributed by atoms with Crippen molar-refractivity contribution in [2.45, 2.75) is 24.9 Å². The van der Waals surface area contributed by atoms with Crippen LogP contribution in [0.2, 0.25) is 0 Å². The Bertz CT molecular complexity index is 113. The van der Waals surface area contributed by atoms with Crippen LogP contribution >= 0.6 is 0 Å². The quantitative estimate of drug-likeness (QED) is 0.515. The van der Waals surface area contributed by atoms with Gasteiger partial charge in [0, 0.05) is 12.1 Å². The molecule has 1 heterocycles. The van der Waals surface area contributed by atoms with Gasteiger partial charge in [-0.2, -0.15) is 0 Å². The zero-order valence-electron chi connectivity index (χ0n) is 5.85. The maximum Gasteiger partial charge on any atom is 0.0120 e. The molecule has 1 aliphatic heterocycles. The van der Waals surface area contributed by atoms with E-state index >= 15 is 0 Å². The second kappa shape index (κ2) is 1.96. The van der Waals surface area contributed by atoms with E-state index in [-0.39, 0.29) is 0 Å². The van der Waals surface area contributed by atoms with Crippen LogP contribution in [0.3, 0.4) is 0 Å². The predicted octanol–water partition coefficient (Wildman–Crippen LogP) is -0.0438. The number of nitrogens with one attached hydrogen (secondary N) is 2. The molecule has 2 aliphatic rings. The first kappa shape index (κ1) is 5.69. The molecule has 1 saturated heterocycles. The van der Waals surface area contributed by atoms with E-state index in [2.05, 4.69) is 17.7 Å². The molecule has 0 aromatic heterocycles. The van der Waals surface area contributed by atoms with Crippen molar-refractivity contribution < 1.29 is 0 Å². The molecule has 0 aromatic carbocycles. The third-order valence-electron chi connectivity index (χ3n) is 2.73. The van der Waals surface area contributed by atoms with E-state index < -0.39 is 0 Å². The summed E-state index contributed by atoms with van der Waals surface area (Å²) < 4.78 is 0. The van der Waals surface area contributed by atoms with Crippen LogP contribution in [0, 0.1) is 5.92 Å². The molecular formula is C7H14N2. The average Bonchev–Trinajstić information content (AvgIpc) is 2.45. The number of hydrogen-bond donors (Lipinski definition) is 2. The second-order valence-electron chi connectivity index (χ2n) is 3.23. The summed E-state index contributed by atoms with van der Waals surface area (Å²) in [4.78, 5) is 0. The van der Waals surface area contributed by atoms with Gasteiger partial charge in [0.15, 0.2) is 0 Å². The lowest BCUT2D eigenvalue weighted by Crippen LogP contribution is -2.39. The summed E-state index contributed by atoms with van der Waals surface area (Å²) in [5, 5.41) is 6.84. The lowest BCUT2D eigenvalue weighted by atomic mass is 10.0. The molecule has 0 spiro atoms. The SMILES string of the molecule is CNC1CC2CC1CN2. The number of rotatable bonds is 1. The second-order valence-corrected chi connectivity index (χ2v) is 3.23. The lowest BCUT2D eigenvalue weighted by molar-refractivity contribution is 0.389. The van der Waals surface area contributed by atoms with Crippen LogP contribution in [0.25, 0.3) is 0 Å². The molecule has 2 nitrogen and oxygen atoms in total. The third kappa shape index (κ3) is 0.775. The van der Waals surface area contributed by atoms with E-state index in [4.69, 9.17) is 0 Å². The summed E-state index contributed by atoms with van der Waals surface area (Å²) in [6, 6.07) is 1.66. The first-order chi connectivity index (χ1) is 4.40. The van der Waals surface area contributed by atoms with Crippen LogP contribution < -0.4 is 10.6 Å². The van der Waals surface area contributed by atoms with Gasteiger partial charge < -0.3 is 10.6 Å². The molecule has 1 saturated carbocycles. The van der Waals surface area contributed by atoms with Crippen LogP contribution in [0.4, 0.5) is 0 Å². The maximum absolute atomic E-state index is 3.48. The molecule has 2 bridgehead atoms. The van der Waals surface area contributed by atoms with E-state index in [1.165, 1.54) is 19.4 Å². The minimum Gasteiger partial charge on any atom is -0.317 e. The van der Waals surface area contributed by atoms with Gasteiger partial charge in [0.2, 0.25) is 0 Å². The van der Waals surface area contributed by atoms with Gasteiger partial charge in [-0.1, -0.05) is 0 Å². The lowest BCUT2D eigenvalue weighted by Gasteiger charge is -2.21. The van der Waals surface area contributed by atoms with E-state index in [0.717, 1.165) is 18.0 Å². The molecule has 2 heteroatoms. The van der Waals surface area contributed by atoms with Crippen molar-refractivity contribution >= 4 is 0 Å². The number of piperidine rings is 1. The van der Waals surface area contributed by atoms with Crippen molar-refractivity contribution in [2.24, 2.45) is 5.92 Å². The van der Waals surface area contributed by atoms with Gasteiger partial charge in [0.05, 0.1) is 0 Å². The van der Waals surface area contributed by atoms with Crippen LogP contribution in [0.1, 0.15) is 12.8 Å². The molecule has 2 rings (SSSR count). The Kier molecular flexibility index (Phi) is 1.24. The van der Waals surface area contributed by atoms with Crippen molar-refractivity contribution in [3.63, 3.8) is 0 Å². The van der Waals surface area contributed by atoms with Crippen molar-refractivity contribution in [1.82, 2.24) is 10.6 Å². The Morgan fingerprint density at radius 3 is 2.67 bits per heavy atom. The van der Waals surface area contributed by atoms with Gasteiger partial charge in [-0.3, -0.25) is 0 Å². The highest BCUT2D eigenvalue weighted by Crippen LogP contribution is 2.30. The van der Waals surface area contributed by atoms with E-state index in [1.54, 1.807) is 0 Å². The normalized spacial score (nSPS) is 48.3. The zero-order chi connectivity index (χ0) is 6.27. The zero-order valence-corrected chi connectivity index (χ0v) is 5.85. The molecule has 2 N–H and O–H groups in total. The molecule has 2 fully saturated rings. The minimum atomic E-state index is 0.816. The van der Waals surface area contributed by atoms with Gasteiger partial charge in [0.1, 0.15) is 0 Å². The van der Waals surface area contributed by atoms with E-state index in [1.807, 2.05) is 0 Å². The summed E-state index contributed by atoms with van der Waals surface area (Å²) in [7, 11) is 2.07. The van der Waals surface area contributed by atoms with E-state index in [9.17, 15) is 0 Å². The fraction of sp³-hybridized carbons (Fsp3) is 1.00. The fourth-order valence-electron chi connectivity index (χ4n) is 2.19. The van der Waals surface area contributed by atoms with Crippen molar-refractivity contribution in [3.8, 4) is 0 Å².